The van der Waals surface area contributed by atoms with Gasteiger partial charge in [0.2, 0.25) is 0 Å². The van der Waals surface area contributed by atoms with Gasteiger partial charge in [0.05, 0.1) is 0 Å². The van der Waals surface area contributed by atoms with Crippen LogP contribution < -0.4 is 5.73 Å². The molecule has 14 heavy (non-hydrogen) atoms. The van der Waals surface area contributed by atoms with Crippen LogP contribution in [0.1, 0.15) is 43.0 Å². The molecule has 0 spiro atoms. The Bertz CT molecular complexity index is 326. The molecule has 0 radical (unpaired) electrons. The molecule has 2 N–H and O–H groups in total. The third-order valence-corrected chi connectivity index (χ3v) is 2.99. The second-order valence-corrected chi connectivity index (χ2v) is 3.78. The number of benzene rings is 1. The van der Waals surface area contributed by atoms with Gasteiger partial charge in [-0.15, -0.1) is 0 Å². The number of aryl methyl sites for hydroxylation is 2. The molecular weight excluding hydrogens is 170 g/mol. The van der Waals surface area contributed by atoms with Crippen LogP contribution in [0.4, 0.5) is 5.69 Å². The number of rotatable bonds is 3. The SMILES string of the molecule is CCc1cc(C)c(CC)c(CC)c1N. The summed E-state index contributed by atoms with van der Waals surface area (Å²) in [6.45, 7) is 8.74. The van der Waals surface area contributed by atoms with E-state index in [1.165, 1.54) is 22.3 Å². The summed E-state index contributed by atoms with van der Waals surface area (Å²) in [7, 11) is 0. The lowest BCUT2D eigenvalue weighted by molar-refractivity contribution is 1.00. The monoisotopic (exact) mass is 191 g/mol. The summed E-state index contributed by atoms with van der Waals surface area (Å²) in [4.78, 5) is 0. The Hall–Kier alpha value is -0.980. The van der Waals surface area contributed by atoms with Gasteiger partial charge in [-0.1, -0.05) is 26.8 Å². The van der Waals surface area contributed by atoms with Crippen LogP contribution >= 0.6 is 0 Å². The molecule has 0 atom stereocenters. The van der Waals surface area contributed by atoms with Gasteiger partial charge in [0, 0.05) is 5.69 Å². The molecule has 0 aliphatic carbocycles. The molecule has 0 aliphatic heterocycles. The molecule has 0 aliphatic rings. The van der Waals surface area contributed by atoms with Gasteiger partial charge in [0.1, 0.15) is 0 Å². The number of hydrogen-bond acceptors (Lipinski definition) is 1. The Kier molecular flexibility index (Phi) is 3.56. The van der Waals surface area contributed by atoms with E-state index >= 15 is 0 Å². The van der Waals surface area contributed by atoms with E-state index in [0.717, 1.165) is 24.9 Å². The second kappa shape index (κ2) is 4.50. The zero-order valence-corrected chi connectivity index (χ0v) is 9.78. The van der Waals surface area contributed by atoms with E-state index in [2.05, 4.69) is 33.8 Å². The first-order chi connectivity index (χ1) is 6.65. The summed E-state index contributed by atoms with van der Waals surface area (Å²) in [5.74, 6) is 0. The van der Waals surface area contributed by atoms with Crippen LogP contribution in [-0.2, 0) is 19.3 Å². The Morgan fingerprint density at radius 3 is 2.00 bits per heavy atom. The summed E-state index contributed by atoms with van der Waals surface area (Å²) in [5, 5.41) is 0. The van der Waals surface area contributed by atoms with E-state index in [9.17, 15) is 0 Å². The molecule has 1 heteroatoms. The van der Waals surface area contributed by atoms with Crippen LogP contribution in [-0.4, -0.2) is 0 Å². The van der Waals surface area contributed by atoms with Gasteiger partial charge in [-0.2, -0.15) is 0 Å². The lowest BCUT2D eigenvalue weighted by atomic mass is 9.92. The lowest BCUT2D eigenvalue weighted by Crippen LogP contribution is -2.05. The molecule has 1 nitrogen and oxygen atoms in total. The van der Waals surface area contributed by atoms with Crippen molar-refractivity contribution >= 4 is 5.69 Å². The minimum absolute atomic E-state index is 1.03. The van der Waals surface area contributed by atoms with Gasteiger partial charge in [0.25, 0.3) is 0 Å². The molecule has 0 bridgehead atoms. The zero-order chi connectivity index (χ0) is 10.7. The molecule has 0 saturated heterocycles. The average Bonchev–Trinajstić information content (AvgIpc) is 2.20. The van der Waals surface area contributed by atoms with Crippen molar-refractivity contribution in [2.24, 2.45) is 0 Å². The standard InChI is InChI=1S/C13H21N/c1-5-10-8-9(4)11(6-2)12(7-3)13(10)14/h8H,5-7,14H2,1-4H3. The van der Waals surface area contributed by atoms with Crippen molar-refractivity contribution in [1.82, 2.24) is 0 Å². The zero-order valence-electron chi connectivity index (χ0n) is 9.78. The Balaban J connectivity index is 3.40. The van der Waals surface area contributed by atoms with Crippen molar-refractivity contribution in [2.45, 2.75) is 47.0 Å². The molecule has 0 amide bonds. The minimum Gasteiger partial charge on any atom is -0.398 e. The molecule has 1 aromatic rings. The predicted molar refractivity (Wildman–Crippen MR) is 63.7 cm³/mol. The first-order valence-corrected chi connectivity index (χ1v) is 5.55. The summed E-state index contributed by atoms with van der Waals surface area (Å²) in [6.07, 6.45) is 3.16. The van der Waals surface area contributed by atoms with Crippen LogP contribution in [0.2, 0.25) is 0 Å². The molecule has 0 heterocycles. The Morgan fingerprint density at radius 2 is 1.57 bits per heavy atom. The van der Waals surface area contributed by atoms with Gasteiger partial charge in [-0.25, -0.2) is 0 Å². The minimum atomic E-state index is 1.03. The molecule has 0 aromatic heterocycles. The van der Waals surface area contributed by atoms with E-state index in [-0.39, 0.29) is 0 Å². The highest BCUT2D eigenvalue weighted by Gasteiger charge is 2.10. The lowest BCUT2D eigenvalue weighted by Gasteiger charge is -2.16. The average molecular weight is 191 g/mol. The fourth-order valence-corrected chi connectivity index (χ4v) is 2.21. The number of nitrogens with two attached hydrogens (primary N) is 1. The number of anilines is 1. The molecule has 1 aromatic carbocycles. The fourth-order valence-electron chi connectivity index (χ4n) is 2.21. The van der Waals surface area contributed by atoms with Gasteiger partial charge in [0.15, 0.2) is 0 Å². The van der Waals surface area contributed by atoms with Crippen LogP contribution in [0.5, 0.6) is 0 Å². The van der Waals surface area contributed by atoms with E-state index < -0.39 is 0 Å². The molecule has 0 fully saturated rings. The first-order valence-electron chi connectivity index (χ1n) is 5.55. The smallest absolute Gasteiger partial charge is 0.0381 e. The topological polar surface area (TPSA) is 26.0 Å². The fraction of sp³-hybridized carbons (Fsp3) is 0.538. The van der Waals surface area contributed by atoms with Gasteiger partial charge < -0.3 is 5.73 Å². The molecule has 0 saturated carbocycles. The second-order valence-electron chi connectivity index (χ2n) is 3.78. The van der Waals surface area contributed by atoms with Crippen molar-refractivity contribution in [3.63, 3.8) is 0 Å². The number of hydrogen-bond donors (Lipinski definition) is 1. The molecule has 78 valence electrons. The third-order valence-electron chi connectivity index (χ3n) is 2.99. The maximum absolute atomic E-state index is 6.15. The summed E-state index contributed by atoms with van der Waals surface area (Å²) >= 11 is 0. The van der Waals surface area contributed by atoms with E-state index in [0.29, 0.717) is 0 Å². The Morgan fingerprint density at radius 1 is 1.00 bits per heavy atom. The van der Waals surface area contributed by atoms with Crippen LogP contribution in [0, 0.1) is 6.92 Å². The quantitative estimate of drug-likeness (QED) is 0.729. The maximum atomic E-state index is 6.15. The summed E-state index contributed by atoms with van der Waals surface area (Å²) in [6, 6.07) is 2.24. The highest BCUT2D eigenvalue weighted by atomic mass is 14.6. The van der Waals surface area contributed by atoms with E-state index in [4.69, 9.17) is 5.73 Å². The van der Waals surface area contributed by atoms with Crippen molar-refractivity contribution in [2.75, 3.05) is 5.73 Å². The van der Waals surface area contributed by atoms with Crippen molar-refractivity contribution in [3.8, 4) is 0 Å². The molecular formula is C13H21N. The third kappa shape index (κ3) is 1.77. The predicted octanol–water partition coefficient (Wildman–Crippen LogP) is 3.26. The highest BCUT2D eigenvalue weighted by molar-refractivity contribution is 5.59. The van der Waals surface area contributed by atoms with Crippen LogP contribution in [0.15, 0.2) is 6.07 Å². The first kappa shape index (κ1) is 11.1. The van der Waals surface area contributed by atoms with Crippen LogP contribution in [0.3, 0.4) is 0 Å². The maximum Gasteiger partial charge on any atom is 0.0381 e. The van der Waals surface area contributed by atoms with Crippen molar-refractivity contribution in [3.05, 3.63) is 28.3 Å². The largest absolute Gasteiger partial charge is 0.398 e. The van der Waals surface area contributed by atoms with E-state index in [1.54, 1.807) is 0 Å². The normalized spacial score (nSPS) is 10.6. The summed E-state index contributed by atoms with van der Waals surface area (Å²) < 4.78 is 0. The van der Waals surface area contributed by atoms with E-state index in [1.807, 2.05) is 0 Å². The van der Waals surface area contributed by atoms with Crippen molar-refractivity contribution < 1.29 is 0 Å². The number of nitrogen functional groups attached to an aromatic ring is 1. The van der Waals surface area contributed by atoms with Crippen LogP contribution in [0.25, 0.3) is 0 Å². The summed E-state index contributed by atoms with van der Waals surface area (Å²) in [5.41, 5.74) is 12.7. The molecule has 0 unspecified atom stereocenters. The Labute approximate surface area is 87.3 Å². The molecule has 1 rings (SSSR count). The van der Waals surface area contributed by atoms with Crippen molar-refractivity contribution in [1.29, 1.82) is 0 Å². The highest BCUT2D eigenvalue weighted by Crippen LogP contribution is 2.26. The van der Waals surface area contributed by atoms with Gasteiger partial charge >= 0.3 is 0 Å². The van der Waals surface area contributed by atoms with Gasteiger partial charge in [-0.05, 0) is 48.4 Å². The van der Waals surface area contributed by atoms with Gasteiger partial charge in [-0.3, -0.25) is 0 Å².